The Bertz CT molecular complexity index is 4050. The number of esters is 1. The third-order valence-corrected chi connectivity index (χ3v) is 24.8. The number of aliphatic carboxylic acids is 1. The maximum atomic E-state index is 15.3. The number of fused-ring (bicyclic) bond motifs is 1. The van der Waals surface area contributed by atoms with Crippen LogP contribution in [0.3, 0.4) is 0 Å². The largest absolute Gasteiger partial charge is 0.481 e. The Balaban J connectivity index is 1.17. The average molecular weight is 1640 g/mol. The minimum atomic E-state index is -1.67. The zero-order valence-corrected chi connectivity index (χ0v) is 68.3. The highest BCUT2D eigenvalue weighted by atomic mass is 33.1. The first-order chi connectivity index (χ1) is 53.7. The van der Waals surface area contributed by atoms with Crippen LogP contribution in [0.2, 0.25) is 0 Å². The van der Waals surface area contributed by atoms with Crippen LogP contribution in [0.5, 0.6) is 0 Å². The molecule has 6 rings (SSSR count). The molecule has 0 radical (unpaired) electrons. The summed E-state index contributed by atoms with van der Waals surface area (Å²) in [7, 11) is 9.42. The molecule has 37 heteroatoms. The second-order valence-corrected chi connectivity index (χ2v) is 36.1. The second-order valence-electron chi connectivity index (χ2n) is 29.8. The molecule has 0 spiro atoms. The van der Waals surface area contributed by atoms with E-state index in [0.717, 1.165) is 15.8 Å². The summed E-state index contributed by atoms with van der Waals surface area (Å²) >= 11 is 0. The monoisotopic (exact) mass is 1640 g/mol. The molecule has 33 nitrogen and oxygen atoms in total. The number of likely N-dealkylation sites (tertiary alicyclic amines) is 2. The van der Waals surface area contributed by atoms with Crippen LogP contribution in [-0.2, 0) is 86.6 Å². The van der Waals surface area contributed by atoms with E-state index >= 15 is 14.4 Å². The van der Waals surface area contributed by atoms with Crippen molar-refractivity contribution in [3.05, 3.63) is 117 Å². The van der Waals surface area contributed by atoms with E-state index in [1.807, 2.05) is 84.8 Å². The van der Waals surface area contributed by atoms with E-state index in [0.29, 0.717) is 60.3 Å². The van der Waals surface area contributed by atoms with Gasteiger partial charge in [-0.15, -0.1) is 0 Å². The summed E-state index contributed by atoms with van der Waals surface area (Å²) in [4.78, 5) is 193. The number of Topliss-reactive ketones (excluding diaryl/α,β-unsaturated/α-hetero) is 3. The molecular weight excluding hydrogens is 1540 g/mol. The topological polar surface area (TPSA) is 479 Å². The number of H-pyrrole nitrogens is 1. The smallest absolute Gasteiger partial charge is 0.408 e. The van der Waals surface area contributed by atoms with Crippen molar-refractivity contribution < 1.29 is 81.6 Å². The van der Waals surface area contributed by atoms with Crippen LogP contribution in [-0.4, -0.2) is 206 Å². The lowest BCUT2D eigenvalue weighted by Gasteiger charge is -2.30. The van der Waals surface area contributed by atoms with E-state index in [2.05, 4.69) is 51.6 Å². The van der Waals surface area contributed by atoms with E-state index < -0.39 is 151 Å². The van der Waals surface area contributed by atoms with E-state index in [1.54, 1.807) is 54.7 Å². The minimum absolute atomic E-state index is 0.00519. The molecule has 9 N–H and O–H groups in total. The molecule has 0 aliphatic carbocycles. The Kier molecular flexibility index (Phi) is 38.1. The molecule has 3 heterocycles. The van der Waals surface area contributed by atoms with Gasteiger partial charge in [0.25, 0.3) is 0 Å². The van der Waals surface area contributed by atoms with Gasteiger partial charge >= 0.3 is 24.1 Å². The van der Waals surface area contributed by atoms with Crippen molar-refractivity contribution in [2.45, 2.75) is 203 Å². The van der Waals surface area contributed by atoms with Crippen LogP contribution in [0.1, 0.15) is 155 Å². The van der Waals surface area contributed by atoms with Crippen LogP contribution in [0, 0.1) is 11.8 Å². The van der Waals surface area contributed by atoms with Crippen molar-refractivity contribution in [3.63, 3.8) is 0 Å². The van der Waals surface area contributed by atoms with E-state index in [-0.39, 0.29) is 112 Å². The lowest BCUT2D eigenvalue weighted by molar-refractivity contribution is -0.156. The Hall–Kier alpha value is -9.51. The quantitative estimate of drug-likeness (QED) is 0.00387. The number of nitrogens with two attached hydrogens (primary N) is 1. The number of rotatable bonds is 47. The van der Waals surface area contributed by atoms with Crippen LogP contribution in [0.4, 0.5) is 21.0 Å². The number of nitrogens with zero attached hydrogens (tertiary/aromatic N) is 9. The molecule has 1 aromatic heterocycles. The number of primary amides is 1. The zero-order valence-electron chi connectivity index (χ0n) is 65.0. The summed E-state index contributed by atoms with van der Waals surface area (Å²) in [5.41, 5.74) is 26.4. The van der Waals surface area contributed by atoms with Gasteiger partial charge in [-0.1, -0.05) is 168 Å². The molecule has 3 aromatic carbocycles. The van der Waals surface area contributed by atoms with Gasteiger partial charge in [0.1, 0.15) is 50.0 Å². The second kappa shape index (κ2) is 46.6. The van der Waals surface area contributed by atoms with Crippen molar-refractivity contribution in [2.75, 3.05) is 58.4 Å². The number of aromatic nitrogens is 1. The average Bonchev–Trinajstić information content (AvgIpc) is 1.73. The van der Waals surface area contributed by atoms with Crippen molar-refractivity contribution in [1.29, 1.82) is 0 Å². The lowest BCUT2D eigenvalue weighted by Crippen LogP contribution is -2.54. The van der Waals surface area contributed by atoms with Gasteiger partial charge in [-0.2, -0.15) is 0 Å². The Morgan fingerprint density at radius 2 is 1.19 bits per heavy atom. The van der Waals surface area contributed by atoms with Gasteiger partial charge in [0, 0.05) is 116 Å². The number of ether oxygens (including phenoxy) is 3. The van der Waals surface area contributed by atoms with E-state index in [4.69, 9.17) is 31.0 Å². The normalized spacial score (nSPS) is 15.7. The predicted molar refractivity (Wildman–Crippen MR) is 432 cm³/mol. The molecule has 2 saturated heterocycles. The number of hydrogen-bond donors (Lipinski definition) is 8. The predicted octanol–water partition coefficient (Wildman–Crippen LogP) is 10.5. The third kappa shape index (κ3) is 32.9. The molecule has 2 fully saturated rings. The van der Waals surface area contributed by atoms with Gasteiger partial charge in [0.2, 0.25) is 35.4 Å². The molecule has 614 valence electrons. The molecule has 2 aliphatic rings. The number of carboxylic acid groups (broad SMARTS) is 1. The highest BCUT2D eigenvalue weighted by molar-refractivity contribution is 8.77. The molecular formula is C76H104N16O17S4. The molecule has 0 saturated carbocycles. The Morgan fingerprint density at radius 3 is 1.78 bits per heavy atom. The fourth-order valence-electron chi connectivity index (χ4n) is 12.4. The number of nitrogens with one attached hydrogen (secondary N) is 6. The number of ketones is 3. The fourth-order valence-corrected chi connectivity index (χ4v) is 17.4. The summed E-state index contributed by atoms with van der Waals surface area (Å²) < 4.78 is 15.8. The highest BCUT2D eigenvalue weighted by Gasteiger charge is 2.42. The van der Waals surface area contributed by atoms with Gasteiger partial charge < -0.3 is 71.3 Å². The number of carbonyl (C=O) groups excluding carboxylic acids is 12. The number of amides is 8. The van der Waals surface area contributed by atoms with Gasteiger partial charge in [-0.25, -0.2) is 14.4 Å². The summed E-state index contributed by atoms with van der Waals surface area (Å²) in [6.07, 6.45) is 0.246. The van der Waals surface area contributed by atoms with E-state index in [1.165, 1.54) is 48.1 Å². The first-order valence-corrected chi connectivity index (χ1v) is 42.0. The van der Waals surface area contributed by atoms with Crippen LogP contribution >= 0.6 is 43.2 Å². The van der Waals surface area contributed by atoms with Gasteiger partial charge in [0.15, 0.2) is 17.3 Å². The first kappa shape index (κ1) is 92.4. The summed E-state index contributed by atoms with van der Waals surface area (Å²) in [6.45, 7) is 11.6. The Labute approximate surface area is 672 Å². The molecule has 8 amide bonds. The van der Waals surface area contributed by atoms with Gasteiger partial charge in [-0.05, 0) is 119 Å². The summed E-state index contributed by atoms with van der Waals surface area (Å²) in [5, 5.41) is 31.3. The molecule has 0 bridgehead atoms. The summed E-state index contributed by atoms with van der Waals surface area (Å²) in [6, 6.07) is 12.6. The maximum Gasteiger partial charge on any atom is 0.408 e. The van der Waals surface area contributed by atoms with Crippen LogP contribution < -0.4 is 32.3 Å². The molecule has 113 heavy (non-hydrogen) atoms. The van der Waals surface area contributed by atoms with E-state index in [9.17, 15) is 53.1 Å². The standard InChI is InChI=1S/C76H104N16O17S4/c1-75(2,3)112-110-45-59(85-74(106)109-43-48-25-29-53(30-26-48)87-89-79)63(94)31-32-65(96)82-57(20-12-14-34-90(7)8)64(95)39-50(37-51-41-81-56-19-10-9-18-55(51)56)69(101)84-60(46-111-113-76(4,5)6)71(103)92-36-16-22-62(92)72(104)107-44-54(93)38-49(17-11-13-33-80-73(105)108-42-47-23-27-52(28-24-47)86-88-78)68(100)83-58(40-66(97)98)70(102)91-35-15-21-61(91)67(77)99/h9-10,18-19,23-30,41,49-50,57-62,81H,11-17,20-22,31-40,42-46H2,1-8H3,(H2,77,99)(H,80,105)(H,82,96)(H,83,100)(H,84,101)(H,85,106)(H,97,98)/t49-,50-,57+,58+,59+,60+,61+,62+/m1/s1. The maximum absolute atomic E-state index is 15.3. The number of unbranched alkanes of at least 4 members (excludes halogenated alkanes) is 2. The summed E-state index contributed by atoms with van der Waals surface area (Å²) in [5.74, 6) is -10.9. The van der Waals surface area contributed by atoms with Crippen LogP contribution in [0.15, 0.2) is 89.2 Å². The Morgan fingerprint density at radius 1 is 0.628 bits per heavy atom. The fraction of sp³-hybridized carbons (Fsp3) is 0.566. The number of carbonyl (C=O) groups is 13. The number of carboxylic acids is 1. The van der Waals surface area contributed by atoms with Crippen molar-refractivity contribution in [3.8, 4) is 0 Å². The SMILES string of the molecule is CN(C)CCCC[C@H](NC(=O)CCC(=O)[C@H](CSSC(C)(C)C)NC(=O)OCc1ccc(N=[N+]=[N-])cc1)C(=O)C[C@@H](Cc1c[nH]c2ccccc12)C(=O)N[C@@H](CSSC(C)(C)C)C(=O)N1CCC[C@H]1C(=O)OCC(=O)C[C@@H](CCCCNC(=O)OCc1ccc(N=[N+]=[N-])cc1)C(=O)N[C@@H](CC(=O)O)C(=O)N1CCC[C@H]1C(N)=O. The molecule has 8 atom stereocenters. The molecule has 4 aromatic rings. The minimum Gasteiger partial charge on any atom is -0.481 e. The number of azide groups is 2. The van der Waals surface area contributed by atoms with Crippen molar-refractivity contribution in [1.82, 2.24) is 46.3 Å². The highest BCUT2D eigenvalue weighted by Crippen LogP contribution is 2.37. The third-order valence-electron chi connectivity index (χ3n) is 18.1. The number of hydrogen-bond acceptors (Lipinski definition) is 23. The van der Waals surface area contributed by atoms with Crippen LogP contribution in [0.25, 0.3) is 31.8 Å². The lowest BCUT2D eigenvalue weighted by atomic mass is 9.89. The number of aromatic amines is 1. The number of alkyl carbamates (subject to hydrolysis) is 2. The van der Waals surface area contributed by atoms with Gasteiger partial charge in [0.05, 0.1) is 12.5 Å². The van der Waals surface area contributed by atoms with Crippen molar-refractivity contribution >= 4 is 142 Å². The first-order valence-electron chi connectivity index (χ1n) is 37.4. The number of para-hydroxylation sites is 1. The number of benzene rings is 3. The van der Waals surface area contributed by atoms with Gasteiger partial charge in [-0.3, -0.25) is 47.9 Å². The molecule has 2 aliphatic heterocycles. The zero-order chi connectivity index (χ0) is 82.8. The van der Waals surface area contributed by atoms with Crippen molar-refractivity contribution in [2.24, 2.45) is 27.8 Å². The molecule has 0 unspecified atom stereocenters.